The van der Waals surface area contributed by atoms with Crippen molar-refractivity contribution in [2.45, 2.75) is 38.4 Å². The van der Waals surface area contributed by atoms with Gasteiger partial charge in [-0.2, -0.15) is 0 Å². The van der Waals surface area contributed by atoms with Crippen molar-refractivity contribution in [3.05, 3.63) is 29.8 Å². The highest BCUT2D eigenvalue weighted by Crippen LogP contribution is 2.26. The molecule has 0 radical (unpaired) electrons. The summed E-state index contributed by atoms with van der Waals surface area (Å²) in [6.45, 7) is 5.00. The number of benzene rings is 1. The highest BCUT2D eigenvalue weighted by Gasteiger charge is 2.32. The number of nitrogens with zero attached hydrogens (tertiary/aromatic N) is 1. The van der Waals surface area contributed by atoms with Gasteiger partial charge in [0.25, 0.3) is 0 Å². The first kappa shape index (κ1) is 25.8. The van der Waals surface area contributed by atoms with Gasteiger partial charge in [-0.15, -0.1) is 37.1 Å². The molecular formula is C16H25F3IN3O3S. The van der Waals surface area contributed by atoms with Crippen molar-refractivity contribution in [3.63, 3.8) is 0 Å². The van der Waals surface area contributed by atoms with E-state index in [9.17, 15) is 21.6 Å². The first-order valence-electron chi connectivity index (χ1n) is 7.86. The van der Waals surface area contributed by atoms with Crippen LogP contribution in [-0.2, 0) is 16.4 Å². The van der Waals surface area contributed by atoms with E-state index in [1.165, 1.54) is 25.2 Å². The quantitative estimate of drug-likeness (QED) is 0.341. The summed E-state index contributed by atoms with van der Waals surface area (Å²) in [7, 11) is -1.81. The van der Waals surface area contributed by atoms with Crippen molar-refractivity contribution in [1.29, 1.82) is 0 Å². The zero-order valence-corrected chi connectivity index (χ0v) is 18.7. The van der Waals surface area contributed by atoms with Crippen LogP contribution in [0.5, 0.6) is 5.75 Å². The molecule has 0 amide bonds. The van der Waals surface area contributed by atoms with Gasteiger partial charge in [0.2, 0.25) is 0 Å². The predicted octanol–water partition coefficient (Wildman–Crippen LogP) is 3.08. The van der Waals surface area contributed by atoms with Gasteiger partial charge in [-0.25, -0.2) is 8.42 Å². The van der Waals surface area contributed by atoms with E-state index in [-0.39, 0.29) is 60.1 Å². The number of aliphatic imine (C=N–C) groups is 1. The lowest BCUT2D eigenvalue weighted by atomic mass is 10.2. The Balaban J connectivity index is 0.00000676. The van der Waals surface area contributed by atoms with Crippen molar-refractivity contribution >= 4 is 39.8 Å². The van der Waals surface area contributed by atoms with Gasteiger partial charge in [-0.1, -0.05) is 18.2 Å². The largest absolute Gasteiger partial charge is 0.573 e. The number of hydrogen-bond acceptors (Lipinski definition) is 4. The Kier molecular flexibility index (Phi) is 9.87. The van der Waals surface area contributed by atoms with Gasteiger partial charge in [0, 0.05) is 25.7 Å². The molecule has 0 fully saturated rings. The number of nitrogens with one attached hydrogen (secondary N) is 2. The van der Waals surface area contributed by atoms with E-state index < -0.39 is 20.9 Å². The van der Waals surface area contributed by atoms with Gasteiger partial charge in [-0.05, 0) is 26.8 Å². The van der Waals surface area contributed by atoms with Crippen LogP contribution in [0.2, 0.25) is 0 Å². The second-order valence-corrected chi connectivity index (χ2v) is 9.30. The lowest BCUT2D eigenvalue weighted by molar-refractivity contribution is -0.274. The van der Waals surface area contributed by atoms with Crippen LogP contribution in [0, 0.1) is 0 Å². The van der Waals surface area contributed by atoms with E-state index in [2.05, 4.69) is 20.4 Å². The Morgan fingerprint density at radius 3 is 2.26 bits per heavy atom. The Labute approximate surface area is 174 Å². The molecule has 0 saturated heterocycles. The number of halogens is 4. The fourth-order valence-electron chi connectivity index (χ4n) is 1.88. The van der Waals surface area contributed by atoms with Gasteiger partial charge in [0.1, 0.15) is 5.75 Å². The summed E-state index contributed by atoms with van der Waals surface area (Å²) in [6.07, 6.45) is -4.78. The van der Waals surface area contributed by atoms with Crippen LogP contribution in [0.4, 0.5) is 13.2 Å². The zero-order chi connectivity index (χ0) is 20.0. The number of guanidine groups is 1. The minimum absolute atomic E-state index is 0. The molecule has 0 aliphatic carbocycles. The number of alkyl halides is 3. The molecule has 0 atom stereocenters. The molecular weight excluding hydrogens is 498 g/mol. The van der Waals surface area contributed by atoms with Gasteiger partial charge in [0.15, 0.2) is 15.8 Å². The molecule has 0 aromatic heterocycles. The molecule has 0 saturated carbocycles. The monoisotopic (exact) mass is 523 g/mol. The molecule has 0 unspecified atom stereocenters. The Morgan fingerprint density at radius 1 is 1.15 bits per heavy atom. The number of hydrogen-bond donors (Lipinski definition) is 2. The van der Waals surface area contributed by atoms with Crippen LogP contribution >= 0.6 is 24.0 Å². The van der Waals surface area contributed by atoms with E-state index in [0.717, 1.165) is 0 Å². The van der Waals surface area contributed by atoms with Crippen molar-refractivity contribution in [2.75, 3.05) is 19.3 Å². The van der Waals surface area contributed by atoms with E-state index in [4.69, 9.17) is 0 Å². The summed E-state index contributed by atoms with van der Waals surface area (Å²) >= 11 is 0. The summed E-state index contributed by atoms with van der Waals surface area (Å²) in [5.41, 5.74) is 0.287. The molecule has 1 aromatic rings. The molecule has 0 heterocycles. The highest BCUT2D eigenvalue weighted by molar-refractivity contribution is 14.0. The van der Waals surface area contributed by atoms with Crippen molar-refractivity contribution in [3.8, 4) is 5.75 Å². The number of para-hydroxylation sites is 1. The first-order chi connectivity index (χ1) is 11.9. The average molecular weight is 523 g/mol. The van der Waals surface area contributed by atoms with Crippen LogP contribution < -0.4 is 15.4 Å². The molecule has 27 heavy (non-hydrogen) atoms. The van der Waals surface area contributed by atoms with Crippen molar-refractivity contribution in [1.82, 2.24) is 10.6 Å². The van der Waals surface area contributed by atoms with Crippen molar-refractivity contribution in [2.24, 2.45) is 4.99 Å². The summed E-state index contributed by atoms with van der Waals surface area (Å²) in [6, 6.07) is 5.74. The van der Waals surface area contributed by atoms with Gasteiger partial charge >= 0.3 is 6.36 Å². The smallest absolute Gasteiger partial charge is 0.405 e. The summed E-state index contributed by atoms with van der Waals surface area (Å²) < 4.78 is 64.5. The molecule has 0 aliphatic rings. The number of rotatable bonds is 6. The molecule has 2 N–H and O–H groups in total. The standard InChI is InChI=1S/C16H24F3N3O3S.HI/c1-15(2,3)26(23,24)10-9-21-14(20-4)22-11-12-7-5-6-8-13(12)25-16(17,18)19;/h5-8H,9-11H2,1-4H3,(H2,20,21,22);1H. The Morgan fingerprint density at radius 2 is 1.74 bits per heavy atom. The Bertz CT molecular complexity index is 732. The minimum atomic E-state index is -4.78. The third-order valence-electron chi connectivity index (χ3n) is 3.46. The molecule has 11 heteroatoms. The van der Waals surface area contributed by atoms with E-state index >= 15 is 0 Å². The summed E-state index contributed by atoms with van der Waals surface area (Å²) in [5.74, 6) is -0.125. The summed E-state index contributed by atoms with van der Waals surface area (Å²) in [4.78, 5) is 3.93. The van der Waals surface area contributed by atoms with Crippen LogP contribution in [-0.4, -0.2) is 44.8 Å². The maximum Gasteiger partial charge on any atom is 0.573 e. The van der Waals surface area contributed by atoms with Crippen LogP contribution in [0.15, 0.2) is 29.3 Å². The maximum absolute atomic E-state index is 12.4. The van der Waals surface area contributed by atoms with Crippen LogP contribution in [0.3, 0.4) is 0 Å². The SMILES string of the molecule is CN=C(NCCS(=O)(=O)C(C)(C)C)NCc1ccccc1OC(F)(F)F.I. The lowest BCUT2D eigenvalue weighted by Crippen LogP contribution is -2.41. The van der Waals surface area contributed by atoms with E-state index in [1.807, 2.05) is 0 Å². The molecule has 0 aliphatic heterocycles. The third kappa shape index (κ3) is 9.00. The molecule has 0 spiro atoms. The van der Waals surface area contributed by atoms with Crippen molar-refractivity contribution < 1.29 is 26.3 Å². The lowest BCUT2D eigenvalue weighted by Gasteiger charge is -2.20. The second-order valence-electron chi connectivity index (χ2n) is 6.44. The topological polar surface area (TPSA) is 79.8 Å². The Hall–Kier alpha value is -1.24. The molecule has 1 aromatic carbocycles. The fraction of sp³-hybridized carbons (Fsp3) is 0.562. The van der Waals surface area contributed by atoms with Crippen LogP contribution in [0.1, 0.15) is 26.3 Å². The predicted molar refractivity (Wildman–Crippen MR) is 110 cm³/mol. The van der Waals surface area contributed by atoms with E-state index in [0.29, 0.717) is 0 Å². The number of sulfone groups is 1. The van der Waals surface area contributed by atoms with E-state index in [1.54, 1.807) is 26.8 Å². The van der Waals surface area contributed by atoms with Gasteiger partial charge in [-0.3, -0.25) is 4.99 Å². The summed E-state index contributed by atoms with van der Waals surface area (Å²) in [5, 5.41) is 5.67. The first-order valence-corrected chi connectivity index (χ1v) is 9.51. The second kappa shape index (κ2) is 10.3. The molecule has 6 nitrogen and oxygen atoms in total. The van der Waals surface area contributed by atoms with Crippen LogP contribution in [0.25, 0.3) is 0 Å². The maximum atomic E-state index is 12.4. The van der Waals surface area contributed by atoms with Gasteiger partial charge < -0.3 is 15.4 Å². The molecule has 0 bridgehead atoms. The normalized spacial score (nSPS) is 12.9. The zero-order valence-electron chi connectivity index (χ0n) is 15.6. The number of ether oxygens (including phenoxy) is 1. The van der Waals surface area contributed by atoms with Gasteiger partial charge in [0.05, 0.1) is 10.5 Å². The molecule has 1 rings (SSSR count). The minimum Gasteiger partial charge on any atom is -0.405 e. The fourth-order valence-corrected chi connectivity index (χ4v) is 2.87. The molecule has 156 valence electrons. The average Bonchev–Trinajstić information content (AvgIpc) is 2.49. The highest BCUT2D eigenvalue weighted by atomic mass is 127. The third-order valence-corrected chi connectivity index (χ3v) is 6.07.